The number of hydrogen-bond donors (Lipinski definition) is 1. The normalized spacial score (nSPS) is 30.2. The van der Waals surface area contributed by atoms with E-state index in [4.69, 9.17) is 4.74 Å². The van der Waals surface area contributed by atoms with Crippen molar-refractivity contribution in [2.24, 2.45) is 11.8 Å². The van der Waals surface area contributed by atoms with Crippen LogP contribution in [0.2, 0.25) is 0 Å². The first-order chi connectivity index (χ1) is 18.0. The van der Waals surface area contributed by atoms with Crippen LogP contribution in [0.3, 0.4) is 0 Å². The monoisotopic (exact) mass is 523 g/mol. The van der Waals surface area contributed by atoms with Crippen molar-refractivity contribution in [1.82, 2.24) is 9.80 Å². The first-order valence-corrected chi connectivity index (χ1v) is 13.5. The highest BCUT2D eigenvalue weighted by atomic mass is 16.5. The Morgan fingerprint density at radius 3 is 2.37 bits per heavy atom. The number of amides is 3. The summed E-state index contributed by atoms with van der Waals surface area (Å²) in [5, 5.41) is 10.3. The Balaban J connectivity index is 1.88. The molecule has 6 atom stereocenters. The zero-order chi connectivity index (χ0) is 28.0. The van der Waals surface area contributed by atoms with Crippen molar-refractivity contribution in [3.8, 4) is 0 Å². The van der Waals surface area contributed by atoms with Gasteiger partial charge in [0.25, 0.3) is 5.91 Å². The highest BCUT2D eigenvalue weighted by molar-refractivity contribution is 6.05. The van der Waals surface area contributed by atoms with E-state index < -0.39 is 35.1 Å². The number of aliphatic hydroxyl groups excluding tert-OH is 1. The van der Waals surface area contributed by atoms with Crippen LogP contribution < -0.4 is 4.90 Å². The Labute approximate surface area is 225 Å². The van der Waals surface area contributed by atoms with Crippen LogP contribution in [0.15, 0.2) is 43.5 Å². The summed E-state index contributed by atoms with van der Waals surface area (Å²) in [7, 11) is 1.70. The molecule has 3 heterocycles. The molecule has 2 unspecified atom stereocenters. The standard InChI is InChI=1S/C30H41N3O5/c1-8-16-31(7)26(35)22-23-27(36)33(21(10-3)18-34)25(30(23)15-14-29(22,6)38-30)28(37)32(17-9-2)24-19(4)12-11-13-20(24)5/h8-9,11-13,21-23,25,34H,1-2,10,14-18H2,3-7H3/t21-,22+,23-,25?,29-,30?/m0/s1. The predicted octanol–water partition coefficient (Wildman–Crippen LogP) is 3.00. The number of aliphatic hydroxyl groups is 1. The van der Waals surface area contributed by atoms with E-state index in [0.29, 0.717) is 25.8 Å². The molecule has 1 aromatic rings. The van der Waals surface area contributed by atoms with Crippen molar-refractivity contribution in [2.45, 2.75) is 70.2 Å². The van der Waals surface area contributed by atoms with E-state index in [0.717, 1.165) is 16.8 Å². The third-order valence-electron chi connectivity index (χ3n) is 8.86. The lowest BCUT2D eigenvalue weighted by atomic mass is 9.66. The number of rotatable bonds is 10. The van der Waals surface area contributed by atoms with Gasteiger partial charge in [0, 0.05) is 25.8 Å². The molecule has 38 heavy (non-hydrogen) atoms. The van der Waals surface area contributed by atoms with Crippen LogP contribution in [-0.2, 0) is 19.1 Å². The minimum absolute atomic E-state index is 0.185. The van der Waals surface area contributed by atoms with Gasteiger partial charge in [0.05, 0.1) is 30.1 Å². The van der Waals surface area contributed by atoms with Crippen molar-refractivity contribution in [3.63, 3.8) is 0 Å². The van der Waals surface area contributed by atoms with E-state index in [1.54, 1.807) is 29.0 Å². The Bertz CT molecular complexity index is 1130. The number of hydrogen-bond acceptors (Lipinski definition) is 5. The summed E-state index contributed by atoms with van der Waals surface area (Å²) in [5.74, 6) is -2.28. The second-order valence-corrected chi connectivity index (χ2v) is 11.2. The fraction of sp³-hybridized carbons (Fsp3) is 0.567. The maximum absolute atomic E-state index is 14.7. The number of aryl methyl sites for hydroxylation is 2. The number of likely N-dealkylation sites (N-methyl/N-ethyl adjacent to an activating group) is 1. The van der Waals surface area contributed by atoms with Crippen LogP contribution in [0.1, 0.15) is 44.2 Å². The Hall–Kier alpha value is -2.97. The molecule has 8 nitrogen and oxygen atoms in total. The number of nitrogens with zero attached hydrogens (tertiary/aromatic N) is 3. The molecule has 3 fully saturated rings. The van der Waals surface area contributed by atoms with Gasteiger partial charge >= 0.3 is 0 Å². The molecule has 4 rings (SSSR count). The van der Waals surface area contributed by atoms with Crippen LogP contribution in [-0.4, -0.2) is 82.7 Å². The summed E-state index contributed by atoms with van der Waals surface area (Å²) in [4.78, 5) is 47.5. The van der Waals surface area contributed by atoms with Gasteiger partial charge in [-0.1, -0.05) is 37.3 Å². The molecule has 3 aliphatic heterocycles. The van der Waals surface area contributed by atoms with Gasteiger partial charge in [0.2, 0.25) is 11.8 Å². The molecule has 3 amide bonds. The number of carbonyl (C=O) groups excluding carboxylic acids is 3. The largest absolute Gasteiger partial charge is 0.394 e. The van der Waals surface area contributed by atoms with Crippen molar-refractivity contribution in [2.75, 3.05) is 31.6 Å². The topological polar surface area (TPSA) is 90.4 Å². The third-order valence-corrected chi connectivity index (χ3v) is 8.86. The second kappa shape index (κ2) is 10.3. The number of fused-ring (bicyclic) bond motifs is 1. The number of benzene rings is 1. The number of anilines is 1. The number of likely N-dealkylation sites (tertiary alicyclic amines) is 1. The van der Waals surface area contributed by atoms with Crippen LogP contribution in [0, 0.1) is 25.7 Å². The summed E-state index contributed by atoms with van der Waals surface area (Å²) in [5.41, 5.74) is 0.625. The van der Waals surface area contributed by atoms with Gasteiger partial charge in [-0.2, -0.15) is 0 Å². The van der Waals surface area contributed by atoms with E-state index in [1.165, 1.54) is 4.90 Å². The Morgan fingerprint density at radius 1 is 1.18 bits per heavy atom. The maximum atomic E-state index is 14.7. The van der Waals surface area contributed by atoms with E-state index in [2.05, 4.69) is 13.2 Å². The van der Waals surface area contributed by atoms with E-state index in [1.807, 2.05) is 45.9 Å². The highest BCUT2D eigenvalue weighted by Gasteiger charge is 2.78. The van der Waals surface area contributed by atoms with Crippen LogP contribution in [0.4, 0.5) is 5.69 Å². The molecule has 2 bridgehead atoms. The Kier molecular flexibility index (Phi) is 7.60. The quantitative estimate of drug-likeness (QED) is 0.476. The van der Waals surface area contributed by atoms with Crippen molar-refractivity contribution >= 4 is 23.4 Å². The van der Waals surface area contributed by atoms with Crippen LogP contribution in [0.5, 0.6) is 0 Å². The molecular formula is C30H41N3O5. The molecule has 0 aliphatic carbocycles. The molecule has 3 aliphatic rings. The number of carbonyl (C=O) groups is 3. The first kappa shape index (κ1) is 28.0. The van der Waals surface area contributed by atoms with Crippen molar-refractivity contribution in [3.05, 3.63) is 54.6 Å². The molecule has 0 radical (unpaired) electrons. The summed E-state index contributed by atoms with van der Waals surface area (Å²) in [6, 6.07) is 4.31. The highest BCUT2D eigenvalue weighted by Crippen LogP contribution is 2.64. The molecule has 3 saturated heterocycles. The van der Waals surface area contributed by atoms with Gasteiger partial charge < -0.3 is 24.5 Å². The molecular weight excluding hydrogens is 482 g/mol. The summed E-state index contributed by atoms with van der Waals surface area (Å²) in [6.45, 7) is 15.6. The van der Waals surface area contributed by atoms with Gasteiger partial charge in [-0.3, -0.25) is 14.4 Å². The first-order valence-electron chi connectivity index (χ1n) is 13.5. The van der Waals surface area contributed by atoms with Gasteiger partial charge in [0.15, 0.2) is 0 Å². The van der Waals surface area contributed by atoms with Crippen molar-refractivity contribution < 1.29 is 24.2 Å². The van der Waals surface area contributed by atoms with Crippen LogP contribution in [0.25, 0.3) is 0 Å². The van der Waals surface area contributed by atoms with E-state index in [9.17, 15) is 19.5 Å². The smallest absolute Gasteiger partial charge is 0.253 e. The molecule has 206 valence electrons. The number of ether oxygens (including phenoxy) is 1. The lowest BCUT2D eigenvalue weighted by Crippen LogP contribution is -2.59. The fourth-order valence-corrected chi connectivity index (χ4v) is 7.15. The summed E-state index contributed by atoms with van der Waals surface area (Å²) in [6.07, 6.45) is 4.84. The van der Waals surface area contributed by atoms with E-state index >= 15 is 0 Å². The average molecular weight is 524 g/mol. The zero-order valence-corrected chi connectivity index (χ0v) is 23.3. The van der Waals surface area contributed by atoms with Gasteiger partial charge in [-0.25, -0.2) is 0 Å². The fourth-order valence-electron chi connectivity index (χ4n) is 7.15. The van der Waals surface area contributed by atoms with Gasteiger partial charge in [-0.05, 0) is 51.2 Å². The third kappa shape index (κ3) is 4.00. The van der Waals surface area contributed by atoms with E-state index in [-0.39, 0.29) is 30.9 Å². The predicted molar refractivity (Wildman–Crippen MR) is 147 cm³/mol. The molecule has 0 saturated carbocycles. The molecule has 1 N–H and O–H groups in total. The average Bonchev–Trinajstić information content (AvgIpc) is 3.44. The van der Waals surface area contributed by atoms with Crippen molar-refractivity contribution in [1.29, 1.82) is 0 Å². The SMILES string of the molecule is C=CCN(C)C(=O)[C@H]1[C@H]2C(=O)N([C@@H](CC)CO)C(C(=O)N(CC=C)c3c(C)cccc3C)C23CC[C@]1(C)O3. The summed E-state index contributed by atoms with van der Waals surface area (Å²) >= 11 is 0. The van der Waals surface area contributed by atoms with Crippen LogP contribution >= 0.6 is 0 Å². The lowest BCUT2D eigenvalue weighted by Gasteiger charge is -2.39. The second-order valence-electron chi connectivity index (χ2n) is 11.2. The molecule has 8 heteroatoms. The summed E-state index contributed by atoms with van der Waals surface area (Å²) < 4.78 is 6.74. The lowest BCUT2D eigenvalue weighted by molar-refractivity contribution is -0.151. The van der Waals surface area contributed by atoms with Gasteiger partial charge in [-0.15, -0.1) is 13.2 Å². The molecule has 1 aromatic carbocycles. The minimum Gasteiger partial charge on any atom is -0.394 e. The molecule has 0 aromatic heterocycles. The maximum Gasteiger partial charge on any atom is 0.253 e. The Morgan fingerprint density at radius 2 is 1.82 bits per heavy atom. The minimum atomic E-state index is -1.16. The number of para-hydroxylation sites is 1. The van der Waals surface area contributed by atoms with Gasteiger partial charge in [0.1, 0.15) is 11.6 Å². The molecule has 1 spiro atoms. The zero-order valence-electron chi connectivity index (χ0n) is 23.3.